The van der Waals surface area contributed by atoms with Crippen LogP contribution in [0.5, 0.6) is 5.75 Å². The molecular weight excluding hydrogens is 294 g/mol. The molecule has 0 bridgehead atoms. The van der Waals surface area contributed by atoms with Gasteiger partial charge >= 0.3 is 0 Å². The second kappa shape index (κ2) is 5.66. The fourth-order valence-electron chi connectivity index (χ4n) is 1.71. The molecule has 3 aromatic rings. The van der Waals surface area contributed by atoms with E-state index < -0.39 is 0 Å². The Balaban J connectivity index is 1.93. The van der Waals surface area contributed by atoms with Gasteiger partial charge in [-0.2, -0.15) is 4.98 Å². The van der Waals surface area contributed by atoms with Gasteiger partial charge in [-0.15, -0.1) is 11.3 Å². The van der Waals surface area contributed by atoms with Crippen molar-refractivity contribution in [3.05, 3.63) is 35.7 Å². The zero-order valence-electron chi connectivity index (χ0n) is 10.6. The van der Waals surface area contributed by atoms with Crippen LogP contribution in [0.15, 0.2) is 44.4 Å². The van der Waals surface area contributed by atoms with Crippen molar-refractivity contribution in [3.63, 3.8) is 0 Å². The van der Waals surface area contributed by atoms with Crippen LogP contribution in [0, 0.1) is 0 Å². The van der Waals surface area contributed by atoms with Crippen molar-refractivity contribution in [3.8, 4) is 28.6 Å². The summed E-state index contributed by atoms with van der Waals surface area (Å²) in [5.74, 6) is 1.78. The van der Waals surface area contributed by atoms with E-state index in [9.17, 15) is 0 Å². The summed E-state index contributed by atoms with van der Waals surface area (Å²) < 4.78 is 11.5. The third-order valence-corrected chi connectivity index (χ3v) is 4.34. The highest BCUT2D eigenvalue weighted by atomic mass is 32.2. The maximum atomic E-state index is 5.52. The molecule has 0 fully saturated rings. The quantitative estimate of drug-likeness (QED) is 0.744. The fraction of sp³-hybridized carbons (Fsp3) is 0.0769. The zero-order valence-corrected chi connectivity index (χ0v) is 12.2. The second-order valence-corrected chi connectivity index (χ2v) is 5.77. The Labute approximate surface area is 123 Å². The molecular formula is C13H11N3O2S2. The SMILES string of the molecule is COc1cccc(-c2noc(-c3csc(SN)c3)n2)c1. The maximum Gasteiger partial charge on any atom is 0.259 e. The number of methoxy groups -OCH3 is 1. The van der Waals surface area contributed by atoms with Gasteiger partial charge in [0.15, 0.2) is 0 Å². The van der Waals surface area contributed by atoms with Gasteiger partial charge in [0.25, 0.3) is 5.89 Å². The summed E-state index contributed by atoms with van der Waals surface area (Å²) in [6, 6.07) is 9.46. The van der Waals surface area contributed by atoms with E-state index in [1.54, 1.807) is 18.4 Å². The Morgan fingerprint density at radius 2 is 2.20 bits per heavy atom. The number of hydrogen-bond acceptors (Lipinski definition) is 7. The number of rotatable bonds is 4. The van der Waals surface area contributed by atoms with Crippen molar-refractivity contribution in [1.29, 1.82) is 0 Å². The molecule has 0 radical (unpaired) electrons. The molecule has 0 aliphatic heterocycles. The van der Waals surface area contributed by atoms with Crippen LogP contribution in [-0.4, -0.2) is 17.3 Å². The van der Waals surface area contributed by atoms with Crippen LogP contribution in [0.1, 0.15) is 0 Å². The number of nitrogens with zero attached hydrogens (tertiary/aromatic N) is 2. The first-order valence-corrected chi connectivity index (χ1v) is 7.50. The summed E-state index contributed by atoms with van der Waals surface area (Å²) in [5, 5.41) is 11.5. The van der Waals surface area contributed by atoms with Crippen LogP contribution < -0.4 is 9.88 Å². The molecule has 0 atom stereocenters. The molecule has 0 saturated carbocycles. The molecule has 2 aromatic heterocycles. The second-order valence-electron chi connectivity index (χ2n) is 3.93. The molecule has 0 saturated heterocycles. The van der Waals surface area contributed by atoms with Gasteiger partial charge in [-0.25, -0.2) is 0 Å². The standard InChI is InChI=1S/C13H11N3O2S2/c1-17-10-4-2-3-8(5-10)12-15-13(18-16-12)9-6-11(20-14)19-7-9/h2-7H,14H2,1H3. The van der Waals surface area contributed by atoms with Gasteiger partial charge in [0.1, 0.15) is 5.75 Å². The topological polar surface area (TPSA) is 74.2 Å². The molecule has 102 valence electrons. The van der Waals surface area contributed by atoms with Crippen LogP contribution in [0.25, 0.3) is 22.8 Å². The lowest BCUT2D eigenvalue weighted by Gasteiger charge is -1.99. The summed E-state index contributed by atoms with van der Waals surface area (Å²) in [4.78, 5) is 4.40. The minimum atomic E-state index is 0.486. The molecule has 20 heavy (non-hydrogen) atoms. The number of hydrogen-bond donors (Lipinski definition) is 1. The Morgan fingerprint density at radius 1 is 1.30 bits per heavy atom. The predicted octanol–water partition coefficient (Wildman–Crippen LogP) is 3.44. The largest absolute Gasteiger partial charge is 0.497 e. The molecule has 7 heteroatoms. The predicted molar refractivity (Wildman–Crippen MR) is 79.6 cm³/mol. The van der Waals surface area contributed by atoms with E-state index in [4.69, 9.17) is 14.4 Å². The Morgan fingerprint density at radius 3 is 2.95 bits per heavy atom. The normalized spacial score (nSPS) is 10.7. The summed E-state index contributed by atoms with van der Waals surface area (Å²) in [5.41, 5.74) is 1.73. The lowest BCUT2D eigenvalue weighted by Crippen LogP contribution is -1.85. The van der Waals surface area contributed by atoms with Gasteiger partial charge in [-0.1, -0.05) is 17.3 Å². The maximum absolute atomic E-state index is 5.52. The molecule has 1 aromatic carbocycles. The minimum Gasteiger partial charge on any atom is -0.497 e. The van der Waals surface area contributed by atoms with E-state index in [-0.39, 0.29) is 0 Å². The number of aromatic nitrogens is 2. The van der Waals surface area contributed by atoms with Crippen molar-refractivity contribution >= 4 is 23.3 Å². The third kappa shape index (κ3) is 2.55. The molecule has 0 aliphatic carbocycles. The molecule has 0 amide bonds. The third-order valence-electron chi connectivity index (χ3n) is 2.69. The summed E-state index contributed by atoms with van der Waals surface area (Å²) in [6.07, 6.45) is 0. The van der Waals surface area contributed by atoms with Crippen LogP contribution >= 0.6 is 23.3 Å². The Kier molecular flexibility index (Phi) is 3.72. The van der Waals surface area contributed by atoms with Gasteiger partial charge in [0.2, 0.25) is 5.82 Å². The van der Waals surface area contributed by atoms with E-state index in [1.807, 2.05) is 35.7 Å². The molecule has 0 aliphatic rings. The van der Waals surface area contributed by atoms with Crippen LogP contribution in [-0.2, 0) is 0 Å². The number of ether oxygens (including phenoxy) is 1. The fourth-order valence-corrected chi connectivity index (χ4v) is 2.88. The smallest absolute Gasteiger partial charge is 0.259 e. The molecule has 0 spiro atoms. The Bertz CT molecular complexity index is 724. The van der Waals surface area contributed by atoms with Crippen LogP contribution in [0.3, 0.4) is 0 Å². The van der Waals surface area contributed by atoms with E-state index in [2.05, 4.69) is 10.1 Å². The lowest BCUT2D eigenvalue weighted by atomic mass is 10.2. The highest BCUT2D eigenvalue weighted by Gasteiger charge is 2.12. The summed E-state index contributed by atoms with van der Waals surface area (Å²) in [7, 11) is 1.62. The molecule has 0 unspecified atom stereocenters. The number of thiophene rings is 1. The number of benzene rings is 1. The number of nitrogens with two attached hydrogens (primary N) is 1. The first kappa shape index (κ1) is 13.2. The Hall–Kier alpha value is -1.83. The minimum absolute atomic E-state index is 0.486. The highest BCUT2D eigenvalue weighted by molar-refractivity contribution is 7.99. The molecule has 3 rings (SSSR count). The molecule has 2 heterocycles. The van der Waals surface area contributed by atoms with Gasteiger partial charge in [-0.05, 0) is 30.1 Å². The molecule has 5 nitrogen and oxygen atoms in total. The van der Waals surface area contributed by atoms with Gasteiger partial charge in [0, 0.05) is 10.9 Å². The van der Waals surface area contributed by atoms with Crippen molar-refractivity contribution in [2.24, 2.45) is 5.14 Å². The highest BCUT2D eigenvalue weighted by Crippen LogP contribution is 2.30. The average molecular weight is 305 g/mol. The average Bonchev–Trinajstić information content (AvgIpc) is 3.15. The van der Waals surface area contributed by atoms with Crippen molar-refractivity contribution < 1.29 is 9.26 Å². The van der Waals surface area contributed by atoms with Crippen LogP contribution in [0.4, 0.5) is 0 Å². The van der Waals surface area contributed by atoms with Crippen molar-refractivity contribution in [2.75, 3.05) is 7.11 Å². The van der Waals surface area contributed by atoms with E-state index in [0.29, 0.717) is 11.7 Å². The zero-order chi connectivity index (χ0) is 13.9. The first-order valence-electron chi connectivity index (χ1n) is 5.74. The summed E-state index contributed by atoms with van der Waals surface area (Å²) >= 11 is 2.75. The van der Waals surface area contributed by atoms with E-state index >= 15 is 0 Å². The van der Waals surface area contributed by atoms with Gasteiger partial charge < -0.3 is 9.26 Å². The molecule has 2 N–H and O–H groups in total. The lowest BCUT2D eigenvalue weighted by molar-refractivity contribution is 0.414. The van der Waals surface area contributed by atoms with Crippen molar-refractivity contribution in [1.82, 2.24) is 10.1 Å². The first-order chi connectivity index (χ1) is 9.80. The van der Waals surface area contributed by atoms with Crippen LogP contribution in [0.2, 0.25) is 0 Å². The van der Waals surface area contributed by atoms with Crippen molar-refractivity contribution in [2.45, 2.75) is 4.21 Å². The van der Waals surface area contributed by atoms with Gasteiger partial charge in [-0.3, -0.25) is 5.14 Å². The van der Waals surface area contributed by atoms with Gasteiger partial charge in [0.05, 0.1) is 16.9 Å². The van der Waals surface area contributed by atoms with E-state index in [0.717, 1.165) is 21.1 Å². The summed E-state index contributed by atoms with van der Waals surface area (Å²) in [6.45, 7) is 0. The monoisotopic (exact) mass is 305 g/mol. The van der Waals surface area contributed by atoms with E-state index in [1.165, 1.54) is 11.9 Å².